The van der Waals surface area contributed by atoms with Crippen LogP contribution < -0.4 is 5.22 Å². The number of aromatic nitrogens is 2. The van der Waals surface area contributed by atoms with Gasteiger partial charge in [-0.3, -0.25) is 0 Å². The van der Waals surface area contributed by atoms with Gasteiger partial charge in [0.2, 0.25) is 0 Å². The van der Waals surface area contributed by atoms with Gasteiger partial charge >= 0.3 is 0 Å². The number of allylic oxidation sites excluding steroid dienone is 1. The van der Waals surface area contributed by atoms with Crippen molar-refractivity contribution >= 4 is 38.4 Å². The van der Waals surface area contributed by atoms with Crippen LogP contribution in [0.3, 0.4) is 0 Å². The van der Waals surface area contributed by atoms with Gasteiger partial charge in [0, 0.05) is 5.22 Å². The predicted molar refractivity (Wildman–Crippen MR) is 53.1 cm³/mol. The van der Waals surface area contributed by atoms with Gasteiger partial charge < -0.3 is 0 Å². The smallest absolute Gasteiger partial charge is 0.140 e. The number of nitrogens with zero attached hydrogens (tertiary/aromatic N) is 2. The van der Waals surface area contributed by atoms with E-state index in [0.29, 0.717) is 5.15 Å². The normalized spacial score (nSPS) is 13.9. The van der Waals surface area contributed by atoms with Crippen LogP contribution in [-0.2, 0) is 0 Å². The second kappa shape index (κ2) is 2.98. The van der Waals surface area contributed by atoms with E-state index in [1.807, 2.05) is 12.2 Å². The molecular formula is C7H4ClIN2. The fraction of sp³-hybridized carbons (Fsp3) is 0. The van der Waals surface area contributed by atoms with Crippen LogP contribution in [0.15, 0.2) is 16.5 Å². The van der Waals surface area contributed by atoms with E-state index in [1.54, 1.807) is 0 Å². The summed E-state index contributed by atoms with van der Waals surface area (Å²) in [4.78, 5) is 8.05. The van der Waals surface area contributed by atoms with Crippen molar-refractivity contribution in [1.29, 1.82) is 0 Å². The van der Waals surface area contributed by atoms with E-state index in [2.05, 4.69) is 14.1 Å². The second-order valence-electron chi connectivity index (χ2n) is 1.96. The number of rotatable bonds is 0. The van der Waals surface area contributed by atoms with Crippen molar-refractivity contribution < 1.29 is 0 Å². The Morgan fingerprint density at radius 2 is 2.27 bits per heavy atom. The van der Waals surface area contributed by atoms with E-state index in [-0.39, 0.29) is 20.7 Å². The van der Waals surface area contributed by atoms with Gasteiger partial charge in [0.15, 0.2) is 0 Å². The Morgan fingerprint density at radius 1 is 1.36 bits per heavy atom. The van der Waals surface area contributed by atoms with Crippen LogP contribution in [0.2, 0.25) is 5.15 Å². The Hall–Kier alpha value is -0.290. The molecule has 4 heteroatoms. The summed E-state index contributed by atoms with van der Waals surface area (Å²) in [5.74, 6) is 0. The Labute approximate surface area is 78.4 Å². The van der Waals surface area contributed by atoms with Gasteiger partial charge in [-0.25, -0.2) is 9.97 Å². The molecule has 0 N–H and O–H groups in total. The van der Waals surface area contributed by atoms with E-state index in [1.165, 1.54) is 6.33 Å². The average Bonchev–Trinajstić information content (AvgIpc) is 2.06. The lowest BCUT2D eigenvalue weighted by Gasteiger charge is -1.92. The first-order valence-electron chi connectivity index (χ1n) is 3.02. The van der Waals surface area contributed by atoms with Crippen LogP contribution in [0, 0.1) is 3.28 Å². The highest BCUT2D eigenvalue weighted by Gasteiger charge is 1.95. The monoisotopic (exact) mass is 278 g/mol. The van der Waals surface area contributed by atoms with Gasteiger partial charge in [-0.05, 0) is 10.2 Å². The highest BCUT2D eigenvalue weighted by molar-refractivity contribution is 14.2. The molecule has 0 bridgehead atoms. The molecule has 0 radical (unpaired) electrons. The number of halogens is 2. The molecule has 0 saturated carbocycles. The number of hydrogen-bond acceptors (Lipinski definition) is 2. The molecule has 0 amide bonds. The highest BCUT2D eigenvalue weighted by Crippen LogP contribution is 2.07. The fourth-order valence-electron chi connectivity index (χ4n) is 0.808. The Bertz CT molecular complexity index is 425. The molecule has 0 fully saturated rings. The molecule has 0 saturated heterocycles. The number of hydrogen-bond donors (Lipinski definition) is 0. The van der Waals surface area contributed by atoms with Crippen LogP contribution in [0.5, 0.6) is 0 Å². The highest BCUT2D eigenvalue weighted by atomic mass is 127. The summed E-state index contributed by atoms with van der Waals surface area (Å²) >= 11 is 5.77. The zero-order chi connectivity index (χ0) is 7.68. The molecule has 1 aromatic heterocycles. The van der Waals surface area contributed by atoms with E-state index in [0.717, 1.165) is 8.50 Å². The van der Waals surface area contributed by atoms with Crippen molar-refractivity contribution in [2.24, 2.45) is 0 Å². The quantitative estimate of drug-likeness (QED) is 0.533. The largest absolute Gasteiger partial charge is 0.230 e. The third kappa shape index (κ3) is 1.35. The molecule has 1 aliphatic rings. The average molecular weight is 278 g/mol. The number of fused-ring (bicyclic) bond motifs is 1. The molecule has 1 aromatic rings. The molecule has 2 heterocycles. The van der Waals surface area contributed by atoms with Crippen LogP contribution in [0.1, 0.15) is 0 Å². The van der Waals surface area contributed by atoms with Gasteiger partial charge in [-0.15, -0.1) is 0 Å². The molecule has 0 aliphatic carbocycles. The lowest BCUT2D eigenvalue weighted by atomic mass is 10.4. The third-order valence-electron chi connectivity index (χ3n) is 1.29. The zero-order valence-corrected chi connectivity index (χ0v) is 8.37. The first-order valence-corrected chi connectivity index (χ1v) is 5.72. The van der Waals surface area contributed by atoms with Gasteiger partial charge in [0.25, 0.3) is 0 Å². The molecule has 0 unspecified atom stereocenters. The van der Waals surface area contributed by atoms with Crippen molar-refractivity contribution in [1.82, 2.24) is 9.97 Å². The van der Waals surface area contributed by atoms with Crippen molar-refractivity contribution in [3.8, 4) is 0 Å². The molecule has 56 valence electrons. The summed E-state index contributed by atoms with van der Waals surface area (Å²) < 4.78 is 3.27. The molecule has 1 aliphatic heterocycles. The minimum absolute atomic E-state index is 0.0691. The molecule has 0 spiro atoms. The maximum Gasteiger partial charge on any atom is 0.140 e. The minimum atomic E-state index is -0.0691. The van der Waals surface area contributed by atoms with Crippen LogP contribution in [0.25, 0.3) is 6.08 Å². The lowest BCUT2D eigenvalue weighted by molar-refractivity contribution is 1.13. The van der Waals surface area contributed by atoms with E-state index in [9.17, 15) is 0 Å². The summed E-state index contributed by atoms with van der Waals surface area (Å²) in [7, 11) is 0. The van der Waals surface area contributed by atoms with E-state index < -0.39 is 0 Å². The second-order valence-corrected chi connectivity index (χ2v) is 4.68. The van der Waals surface area contributed by atoms with Crippen molar-refractivity contribution in [3.05, 3.63) is 30.1 Å². The van der Waals surface area contributed by atoms with Gasteiger partial charge in [-0.2, -0.15) is 0 Å². The molecule has 11 heavy (non-hydrogen) atoms. The molecule has 0 aromatic carbocycles. The van der Waals surface area contributed by atoms with Crippen LogP contribution in [-0.4, -0.2) is 9.97 Å². The third-order valence-corrected chi connectivity index (χ3v) is 3.81. The van der Waals surface area contributed by atoms with Crippen molar-refractivity contribution in [3.63, 3.8) is 0 Å². The maximum atomic E-state index is 5.84. The molecular weight excluding hydrogens is 274 g/mol. The summed E-state index contributed by atoms with van der Waals surface area (Å²) in [6.07, 6.45) is 5.50. The topological polar surface area (TPSA) is 25.8 Å². The standard InChI is InChI=1S/C7H4ClIN2/c8-6-5-2-1-3-9-7(5)11-4-10-6/h1-4H. The predicted octanol–water partition coefficient (Wildman–Crippen LogP) is 1.66. The summed E-state index contributed by atoms with van der Waals surface area (Å²) in [5, 5.41) is 1.57. The van der Waals surface area contributed by atoms with Gasteiger partial charge in [0.1, 0.15) is 14.8 Å². The molecule has 0 atom stereocenters. The first kappa shape index (κ1) is 7.36. The zero-order valence-electron chi connectivity index (χ0n) is 5.46. The van der Waals surface area contributed by atoms with Crippen LogP contribution in [0.4, 0.5) is 0 Å². The first-order chi connectivity index (χ1) is 5.38. The van der Waals surface area contributed by atoms with Gasteiger partial charge in [-0.1, -0.05) is 38.4 Å². The summed E-state index contributed by atoms with van der Waals surface area (Å²) in [6, 6.07) is 0. The van der Waals surface area contributed by atoms with Gasteiger partial charge in [0.05, 0.1) is 0 Å². The van der Waals surface area contributed by atoms with Crippen molar-refractivity contribution in [2.45, 2.75) is 0 Å². The molecule has 2 rings (SSSR count). The summed E-state index contributed by atoms with van der Waals surface area (Å²) in [5.41, 5.74) is 0. The van der Waals surface area contributed by atoms with Crippen molar-refractivity contribution in [2.75, 3.05) is 0 Å². The minimum Gasteiger partial charge on any atom is -0.230 e. The lowest BCUT2D eigenvalue weighted by Crippen LogP contribution is -2.08. The molecule has 2 nitrogen and oxygen atoms in total. The fourth-order valence-corrected chi connectivity index (χ4v) is 2.98. The summed E-state index contributed by atoms with van der Waals surface area (Å²) in [6.45, 7) is 0. The Morgan fingerprint density at radius 3 is 3.09 bits per heavy atom. The Balaban J connectivity index is 2.95. The maximum absolute atomic E-state index is 5.84. The van der Waals surface area contributed by atoms with E-state index >= 15 is 0 Å². The SMILES string of the molecule is Clc1ncnc2c1=CC=CI=2. The van der Waals surface area contributed by atoms with E-state index in [4.69, 9.17) is 11.6 Å². The Kier molecular flexibility index (Phi) is 2.00. The van der Waals surface area contributed by atoms with Crippen LogP contribution >= 0.6 is 32.3 Å².